The van der Waals surface area contributed by atoms with E-state index in [9.17, 15) is 0 Å². The van der Waals surface area contributed by atoms with Crippen molar-refractivity contribution in [3.8, 4) is 6.01 Å². The summed E-state index contributed by atoms with van der Waals surface area (Å²) in [5.41, 5.74) is 0. The Labute approximate surface area is 123 Å². The highest BCUT2D eigenvalue weighted by Gasteiger charge is 2.30. The highest BCUT2D eigenvalue weighted by atomic mass is 35.5. The molecular formula is C13H20ClN5O. The van der Waals surface area contributed by atoms with Gasteiger partial charge in [0.25, 0.3) is 0 Å². The molecule has 2 fully saturated rings. The van der Waals surface area contributed by atoms with Crippen LogP contribution in [0.5, 0.6) is 6.01 Å². The van der Waals surface area contributed by atoms with Gasteiger partial charge in [-0.2, -0.15) is 15.0 Å². The van der Waals surface area contributed by atoms with Gasteiger partial charge < -0.3 is 15.0 Å². The van der Waals surface area contributed by atoms with E-state index >= 15 is 0 Å². The van der Waals surface area contributed by atoms with Gasteiger partial charge in [0.15, 0.2) is 0 Å². The second kappa shape index (κ2) is 6.10. The summed E-state index contributed by atoms with van der Waals surface area (Å²) in [6, 6.07) is 0.915. The molecule has 110 valence electrons. The molecule has 2 aliphatic rings. The van der Waals surface area contributed by atoms with E-state index in [1.54, 1.807) is 0 Å². The Morgan fingerprint density at radius 2 is 2.15 bits per heavy atom. The van der Waals surface area contributed by atoms with Crippen molar-refractivity contribution < 1.29 is 4.74 Å². The van der Waals surface area contributed by atoms with Crippen molar-refractivity contribution in [2.75, 3.05) is 31.6 Å². The van der Waals surface area contributed by atoms with Gasteiger partial charge in [0.1, 0.15) is 0 Å². The lowest BCUT2D eigenvalue weighted by atomic mass is 9.90. The minimum atomic E-state index is 0.188. The normalized spacial score (nSPS) is 26.8. The van der Waals surface area contributed by atoms with Crippen LogP contribution in [0.3, 0.4) is 0 Å². The van der Waals surface area contributed by atoms with Gasteiger partial charge in [-0.1, -0.05) is 0 Å². The number of methoxy groups -OCH3 is 1. The van der Waals surface area contributed by atoms with Gasteiger partial charge in [0.05, 0.1) is 7.11 Å². The van der Waals surface area contributed by atoms with Crippen LogP contribution in [-0.2, 0) is 0 Å². The Hall–Kier alpha value is -1.14. The smallest absolute Gasteiger partial charge is 0.322 e. The summed E-state index contributed by atoms with van der Waals surface area (Å²) < 4.78 is 5.07. The van der Waals surface area contributed by atoms with Gasteiger partial charge in [-0.25, -0.2) is 0 Å². The van der Waals surface area contributed by atoms with E-state index in [1.165, 1.54) is 26.4 Å². The molecule has 6 nitrogen and oxygen atoms in total. The number of ether oxygens (including phenoxy) is 1. The summed E-state index contributed by atoms with van der Waals surface area (Å²) in [5.74, 6) is 1.29. The minimum Gasteiger partial charge on any atom is -0.467 e. The fourth-order valence-electron chi connectivity index (χ4n) is 3.19. The van der Waals surface area contributed by atoms with Crippen LogP contribution in [0.1, 0.15) is 25.7 Å². The molecule has 2 atom stereocenters. The molecule has 7 heteroatoms. The molecule has 2 saturated heterocycles. The van der Waals surface area contributed by atoms with Gasteiger partial charge in [0.2, 0.25) is 11.2 Å². The number of aromatic nitrogens is 3. The molecule has 0 amide bonds. The summed E-state index contributed by atoms with van der Waals surface area (Å²) in [7, 11) is 1.54. The van der Waals surface area contributed by atoms with Crippen molar-refractivity contribution in [1.82, 2.24) is 20.3 Å². The van der Waals surface area contributed by atoms with Crippen LogP contribution in [0.2, 0.25) is 5.28 Å². The van der Waals surface area contributed by atoms with Crippen molar-refractivity contribution in [1.29, 1.82) is 0 Å². The lowest BCUT2D eigenvalue weighted by molar-refractivity contribution is 0.325. The van der Waals surface area contributed by atoms with Crippen LogP contribution in [0, 0.1) is 5.92 Å². The summed E-state index contributed by atoms with van der Waals surface area (Å²) in [5, 5.41) is 3.79. The van der Waals surface area contributed by atoms with Gasteiger partial charge in [-0.3, -0.25) is 0 Å². The zero-order chi connectivity index (χ0) is 13.9. The van der Waals surface area contributed by atoms with Crippen molar-refractivity contribution in [3.63, 3.8) is 0 Å². The highest BCUT2D eigenvalue weighted by Crippen LogP contribution is 2.27. The molecule has 0 bridgehead atoms. The monoisotopic (exact) mass is 297 g/mol. The molecule has 0 spiro atoms. The lowest BCUT2D eigenvalue weighted by Crippen LogP contribution is -2.44. The van der Waals surface area contributed by atoms with E-state index in [2.05, 4.69) is 25.2 Å². The predicted octanol–water partition coefficient (Wildman–Crippen LogP) is 1.50. The third kappa shape index (κ3) is 2.96. The molecule has 0 radical (unpaired) electrons. The van der Waals surface area contributed by atoms with Crippen molar-refractivity contribution >= 4 is 17.5 Å². The number of hydrogen-bond acceptors (Lipinski definition) is 6. The zero-order valence-corrected chi connectivity index (χ0v) is 12.4. The van der Waals surface area contributed by atoms with Gasteiger partial charge in [-0.05, 0) is 49.7 Å². The van der Waals surface area contributed by atoms with Crippen molar-refractivity contribution in [2.24, 2.45) is 5.92 Å². The zero-order valence-electron chi connectivity index (χ0n) is 11.7. The third-order valence-electron chi connectivity index (χ3n) is 4.17. The summed E-state index contributed by atoms with van der Waals surface area (Å²) >= 11 is 5.93. The maximum absolute atomic E-state index is 5.93. The molecule has 3 rings (SSSR count). The predicted molar refractivity (Wildman–Crippen MR) is 77.4 cm³/mol. The molecule has 2 aliphatic heterocycles. The number of rotatable bonds is 3. The maximum atomic E-state index is 5.93. The number of hydrogen-bond donors (Lipinski definition) is 1. The second-order valence-electron chi connectivity index (χ2n) is 5.44. The van der Waals surface area contributed by atoms with E-state index in [4.69, 9.17) is 16.3 Å². The number of halogens is 1. The first-order valence-electron chi connectivity index (χ1n) is 7.20. The molecule has 3 heterocycles. The van der Waals surface area contributed by atoms with E-state index in [0.29, 0.717) is 17.9 Å². The fraction of sp³-hybridized carbons (Fsp3) is 0.769. The van der Waals surface area contributed by atoms with Crippen LogP contribution in [-0.4, -0.2) is 47.7 Å². The number of anilines is 1. The Balaban J connectivity index is 1.74. The first-order valence-corrected chi connectivity index (χ1v) is 7.58. The Kier molecular flexibility index (Phi) is 4.21. The topological polar surface area (TPSA) is 63.2 Å². The summed E-state index contributed by atoms with van der Waals surface area (Å²) in [6.07, 6.45) is 4.99. The number of nitrogens with one attached hydrogen (secondary N) is 1. The summed E-state index contributed by atoms with van der Waals surface area (Å²) in [4.78, 5) is 14.7. The van der Waals surface area contributed by atoms with Crippen LogP contribution < -0.4 is 15.0 Å². The van der Waals surface area contributed by atoms with E-state index in [-0.39, 0.29) is 11.3 Å². The molecule has 2 unspecified atom stereocenters. The quantitative estimate of drug-likeness (QED) is 0.912. The lowest BCUT2D eigenvalue weighted by Gasteiger charge is -2.35. The van der Waals surface area contributed by atoms with Crippen LogP contribution >= 0.6 is 11.6 Å². The third-order valence-corrected chi connectivity index (χ3v) is 4.34. The average molecular weight is 298 g/mol. The van der Waals surface area contributed by atoms with Gasteiger partial charge in [0, 0.05) is 19.1 Å². The van der Waals surface area contributed by atoms with Crippen LogP contribution in [0.4, 0.5) is 5.95 Å². The van der Waals surface area contributed by atoms with Crippen molar-refractivity contribution in [2.45, 2.75) is 31.7 Å². The summed E-state index contributed by atoms with van der Waals surface area (Å²) in [6.45, 7) is 3.08. The Morgan fingerprint density at radius 3 is 2.90 bits per heavy atom. The number of nitrogens with zero attached hydrogens (tertiary/aromatic N) is 4. The fourth-order valence-corrected chi connectivity index (χ4v) is 3.34. The molecule has 1 aromatic heterocycles. The van der Waals surface area contributed by atoms with Gasteiger partial charge >= 0.3 is 6.01 Å². The molecule has 0 aliphatic carbocycles. The maximum Gasteiger partial charge on any atom is 0.322 e. The average Bonchev–Trinajstić information content (AvgIpc) is 3.01. The largest absolute Gasteiger partial charge is 0.467 e. The SMILES string of the molecule is COc1nc(Cl)nc(N2CCCC(C3CCCN3)C2)n1. The molecule has 0 aromatic carbocycles. The first-order chi connectivity index (χ1) is 9.76. The van der Waals surface area contributed by atoms with E-state index < -0.39 is 0 Å². The molecular weight excluding hydrogens is 278 g/mol. The highest BCUT2D eigenvalue weighted by molar-refractivity contribution is 6.28. The number of piperidine rings is 1. The molecule has 0 saturated carbocycles. The van der Waals surface area contributed by atoms with Crippen LogP contribution in [0.15, 0.2) is 0 Å². The molecule has 1 aromatic rings. The Bertz CT molecular complexity index is 466. The van der Waals surface area contributed by atoms with Gasteiger partial charge in [-0.15, -0.1) is 0 Å². The molecule has 1 N–H and O–H groups in total. The van der Waals surface area contributed by atoms with Crippen LogP contribution in [0.25, 0.3) is 0 Å². The minimum absolute atomic E-state index is 0.188. The first kappa shape index (κ1) is 13.8. The van der Waals surface area contributed by atoms with Crippen molar-refractivity contribution in [3.05, 3.63) is 5.28 Å². The standard InChI is InChI=1S/C13H20ClN5O/c1-20-13-17-11(14)16-12(18-13)19-7-3-4-9(8-19)10-5-2-6-15-10/h9-10,15H,2-8H2,1H3. The molecule has 20 heavy (non-hydrogen) atoms. The Morgan fingerprint density at radius 1 is 1.25 bits per heavy atom. The van der Waals surface area contributed by atoms with E-state index in [0.717, 1.165) is 26.1 Å². The second-order valence-corrected chi connectivity index (χ2v) is 5.78. The van der Waals surface area contributed by atoms with E-state index in [1.807, 2.05) is 0 Å².